The zero-order valence-corrected chi connectivity index (χ0v) is 11.5. The molecule has 4 heteroatoms. The summed E-state index contributed by atoms with van der Waals surface area (Å²) in [5.74, 6) is 0. The Morgan fingerprint density at radius 2 is 1.65 bits per heavy atom. The van der Waals surface area contributed by atoms with Crippen molar-refractivity contribution in [2.45, 2.75) is 26.4 Å². The summed E-state index contributed by atoms with van der Waals surface area (Å²) in [4.78, 5) is 10.2. The van der Waals surface area contributed by atoms with E-state index in [9.17, 15) is 15.2 Å². The molecule has 0 fully saturated rings. The van der Waals surface area contributed by atoms with E-state index in [1.54, 1.807) is 12.1 Å². The molecule has 0 spiro atoms. The molecule has 0 aliphatic heterocycles. The van der Waals surface area contributed by atoms with Gasteiger partial charge in [-0.05, 0) is 25.0 Å². The number of aliphatic hydroxyl groups is 1. The molecule has 0 bridgehead atoms. The standard InChI is InChI=1S/C16H17NO3/c1-11-7-12(2)9-14(8-11)16(18)10-13-3-5-15(6-4-13)17(19)20/h3-9,16,18H,10H2,1-2H3. The Morgan fingerprint density at radius 1 is 1.10 bits per heavy atom. The molecular weight excluding hydrogens is 254 g/mol. The molecular formula is C16H17NO3. The molecule has 1 unspecified atom stereocenters. The van der Waals surface area contributed by atoms with Crippen LogP contribution in [0.4, 0.5) is 5.69 Å². The second-order valence-electron chi connectivity index (χ2n) is 5.06. The lowest BCUT2D eigenvalue weighted by atomic mass is 9.98. The quantitative estimate of drug-likeness (QED) is 0.684. The Hall–Kier alpha value is -2.20. The SMILES string of the molecule is Cc1cc(C)cc(C(O)Cc2ccc([N+](=O)[O-])cc2)c1. The van der Waals surface area contributed by atoms with Crippen LogP contribution in [0.15, 0.2) is 42.5 Å². The predicted molar refractivity (Wildman–Crippen MR) is 77.7 cm³/mol. The summed E-state index contributed by atoms with van der Waals surface area (Å²) in [5, 5.41) is 20.9. The predicted octanol–water partition coefficient (Wildman–Crippen LogP) is 3.49. The van der Waals surface area contributed by atoms with E-state index in [4.69, 9.17) is 0 Å². The highest BCUT2D eigenvalue weighted by Crippen LogP contribution is 2.22. The maximum Gasteiger partial charge on any atom is 0.269 e. The summed E-state index contributed by atoms with van der Waals surface area (Å²) in [6.07, 6.45) is -0.156. The number of non-ortho nitro benzene ring substituents is 1. The highest BCUT2D eigenvalue weighted by atomic mass is 16.6. The molecule has 1 atom stereocenters. The third-order valence-electron chi connectivity index (χ3n) is 3.21. The first kappa shape index (κ1) is 14.2. The van der Waals surface area contributed by atoms with Crippen molar-refractivity contribution in [1.82, 2.24) is 0 Å². The number of hydrogen-bond acceptors (Lipinski definition) is 3. The fourth-order valence-corrected chi connectivity index (χ4v) is 2.30. The zero-order valence-electron chi connectivity index (χ0n) is 11.5. The van der Waals surface area contributed by atoms with Crippen molar-refractivity contribution in [3.63, 3.8) is 0 Å². The Bertz CT molecular complexity index is 600. The maximum atomic E-state index is 10.6. The number of aliphatic hydroxyl groups excluding tert-OH is 1. The smallest absolute Gasteiger partial charge is 0.269 e. The van der Waals surface area contributed by atoms with E-state index < -0.39 is 11.0 Å². The Morgan fingerprint density at radius 3 is 2.15 bits per heavy atom. The lowest BCUT2D eigenvalue weighted by Crippen LogP contribution is -2.03. The molecule has 0 saturated carbocycles. The molecule has 0 radical (unpaired) electrons. The minimum absolute atomic E-state index is 0.0645. The number of nitrogens with zero attached hydrogens (tertiary/aromatic N) is 1. The van der Waals surface area contributed by atoms with Gasteiger partial charge in [-0.25, -0.2) is 0 Å². The van der Waals surface area contributed by atoms with Crippen molar-refractivity contribution in [1.29, 1.82) is 0 Å². The van der Waals surface area contributed by atoms with Gasteiger partial charge >= 0.3 is 0 Å². The van der Waals surface area contributed by atoms with Gasteiger partial charge in [-0.3, -0.25) is 10.1 Å². The number of nitro benzene ring substituents is 1. The van der Waals surface area contributed by atoms with Crippen molar-refractivity contribution in [2.24, 2.45) is 0 Å². The molecule has 1 N–H and O–H groups in total. The largest absolute Gasteiger partial charge is 0.388 e. The maximum absolute atomic E-state index is 10.6. The molecule has 0 heterocycles. The van der Waals surface area contributed by atoms with Crippen LogP contribution in [0.25, 0.3) is 0 Å². The molecule has 0 aliphatic carbocycles. The monoisotopic (exact) mass is 271 g/mol. The van der Waals surface area contributed by atoms with Gasteiger partial charge in [-0.2, -0.15) is 0 Å². The third-order valence-corrected chi connectivity index (χ3v) is 3.21. The molecule has 104 valence electrons. The first-order chi connectivity index (χ1) is 9.45. The van der Waals surface area contributed by atoms with Crippen molar-refractivity contribution >= 4 is 5.69 Å². The van der Waals surface area contributed by atoms with Gasteiger partial charge in [0.05, 0.1) is 11.0 Å². The average molecular weight is 271 g/mol. The Labute approximate surface area is 117 Å². The van der Waals surface area contributed by atoms with E-state index in [2.05, 4.69) is 6.07 Å². The van der Waals surface area contributed by atoms with Gasteiger partial charge in [0, 0.05) is 18.6 Å². The van der Waals surface area contributed by atoms with Crippen LogP contribution >= 0.6 is 0 Å². The summed E-state index contributed by atoms with van der Waals surface area (Å²) >= 11 is 0. The highest BCUT2D eigenvalue weighted by Gasteiger charge is 2.11. The molecule has 4 nitrogen and oxygen atoms in total. The van der Waals surface area contributed by atoms with Crippen LogP contribution in [0.2, 0.25) is 0 Å². The van der Waals surface area contributed by atoms with Crippen LogP contribution < -0.4 is 0 Å². The molecule has 2 rings (SSSR count). The average Bonchev–Trinajstić information content (AvgIpc) is 2.38. The Kier molecular flexibility index (Phi) is 4.15. The third kappa shape index (κ3) is 3.42. The summed E-state index contributed by atoms with van der Waals surface area (Å²) < 4.78 is 0. The van der Waals surface area contributed by atoms with Gasteiger partial charge < -0.3 is 5.11 Å². The summed E-state index contributed by atoms with van der Waals surface area (Å²) in [5.41, 5.74) is 4.04. The number of hydrogen-bond donors (Lipinski definition) is 1. The van der Waals surface area contributed by atoms with E-state index >= 15 is 0 Å². The van der Waals surface area contributed by atoms with Gasteiger partial charge in [-0.15, -0.1) is 0 Å². The molecule has 0 aliphatic rings. The van der Waals surface area contributed by atoms with Gasteiger partial charge in [-0.1, -0.05) is 41.5 Å². The topological polar surface area (TPSA) is 63.4 Å². The van der Waals surface area contributed by atoms with Crippen LogP contribution in [0, 0.1) is 24.0 Å². The van der Waals surface area contributed by atoms with Crippen molar-refractivity contribution in [3.8, 4) is 0 Å². The second-order valence-corrected chi connectivity index (χ2v) is 5.06. The second kappa shape index (κ2) is 5.84. The first-order valence-corrected chi connectivity index (χ1v) is 6.45. The zero-order chi connectivity index (χ0) is 14.7. The summed E-state index contributed by atoms with van der Waals surface area (Å²) in [6, 6.07) is 12.3. The normalized spacial score (nSPS) is 12.2. The van der Waals surface area contributed by atoms with Crippen LogP contribution in [0.1, 0.15) is 28.4 Å². The van der Waals surface area contributed by atoms with Crippen LogP contribution in [0.3, 0.4) is 0 Å². The van der Waals surface area contributed by atoms with E-state index in [-0.39, 0.29) is 5.69 Å². The molecule has 0 saturated heterocycles. The molecule has 2 aromatic rings. The van der Waals surface area contributed by atoms with Crippen molar-refractivity contribution in [2.75, 3.05) is 0 Å². The number of benzene rings is 2. The summed E-state index contributed by atoms with van der Waals surface area (Å²) in [6.45, 7) is 3.99. The van der Waals surface area contributed by atoms with Crippen LogP contribution in [-0.2, 0) is 6.42 Å². The van der Waals surface area contributed by atoms with Gasteiger partial charge in [0.1, 0.15) is 0 Å². The van der Waals surface area contributed by atoms with Gasteiger partial charge in [0.25, 0.3) is 5.69 Å². The van der Waals surface area contributed by atoms with Crippen LogP contribution in [-0.4, -0.2) is 10.0 Å². The van der Waals surface area contributed by atoms with Gasteiger partial charge in [0.2, 0.25) is 0 Å². The lowest BCUT2D eigenvalue weighted by Gasteiger charge is -2.13. The fraction of sp³-hybridized carbons (Fsp3) is 0.250. The number of rotatable bonds is 4. The minimum atomic E-state index is -0.602. The van der Waals surface area contributed by atoms with Crippen molar-refractivity contribution < 1.29 is 10.0 Å². The molecule has 2 aromatic carbocycles. The van der Waals surface area contributed by atoms with E-state index in [0.717, 1.165) is 22.3 Å². The van der Waals surface area contributed by atoms with Crippen molar-refractivity contribution in [3.05, 3.63) is 74.8 Å². The Balaban J connectivity index is 2.14. The molecule has 20 heavy (non-hydrogen) atoms. The molecule has 0 amide bonds. The number of nitro groups is 1. The molecule has 0 aromatic heterocycles. The fourth-order valence-electron chi connectivity index (χ4n) is 2.30. The van der Waals surface area contributed by atoms with E-state index in [0.29, 0.717) is 6.42 Å². The highest BCUT2D eigenvalue weighted by molar-refractivity contribution is 5.35. The van der Waals surface area contributed by atoms with Gasteiger partial charge in [0.15, 0.2) is 0 Å². The summed E-state index contributed by atoms with van der Waals surface area (Å²) in [7, 11) is 0. The first-order valence-electron chi connectivity index (χ1n) is 6.45. The van der Waals surface area contributed by atoms with E-state index in [1.807, 2.05) is 26.0 Å². The van der Waals surface area contributed by atoms with Crippen LogP contribution in [0.5, 0.6) is 0 Å². The lowest BCUT2D eigenvalue weighted by molar-refractivity contribution is -0.384. The van der Waals surface area contributed by atoms with E-state index in [1.165, 1.54) is 12.1 Å². The minimum Gasteiger partial charge on any atom is -0.388 e. The number of aryl methyl sites for hydroxylation is 2.